The van der Waals surface area contributed by atoms with E-state index >= 15 is 0 Å². The molecule has 1 atom stereocenters. The van der Waals surface area contributed by atoms with E-state index in [0.29, 0.717) is 11.0 Å². The molecule has 0 saturated carbocycles. The molecular formula is C8H13F2N3S. The highest BCUT2D eigenvalue weighted by Gasteiger charge is 2.15. The molecule has 1 unspecified atom stereocenters. The molecule has 6 heteroatoms. The van der Waals surface area contributed by atoms with Gasteiger partial charge in [0.15, 0.2) is 5.01 Å². The molecule has 0 aliphatic heterocycles. The van der Waals surface area contributed by atoms with Gasteiger partial charge in [-0.05, 0) is 12.8 Å². The monoisotopic (exact) mass is 221 g/mol. The van der Waals surface area contributed by atoms with E-state index in [2.05, 4.69) is 15.5 Å². The zero-order chi connectivity index (χ0) is 10.7. The molecular weight excluding hydrogens is 208 g/mol. The Morgan fingerprint density at radius 2 is 1.86 bits per heavy atom. The van der Waals surface area contributed by atoms with Crippen LogP contribution in [0.15, 0.2) is 0 Å². The van der Waals surface area contributed by atoms with Crippen LogP contribution in [0, 0.1) is 5.92 Å². The predicted octanol–water partition coefficient (Wildman–Crippen LogP) is 2.93. The van der Waals surface area contributed by atoms with E-state index in [1.165, 1.54) is 0 Å². The van der Waals surface area contributed by atoms with Crippen molar-refractivity contribution >= 4 is 16.5 Å². The maximum absolute atomic E-state index is 12.2. The minimum Gasteiger partial charge on any atom is -0.357 e. The quantitative estimate of drug-likeness (QED) is 0.849. The molecule has 0 amide bonds. The highest BCUT2D eigenvalue weighted by atomic mass is 32.1. The number of nitrogens with one attached hydrogen (secondary N) is 1. The molecule has 80 valence electrons. The van der Waals surface area contributed by atoms with Crippen LogP contribution in [-0.2, 0) is 0 Å². The Hall–Kier alpha value is -0.780. The Morgan fingerprint density at radius 3 is 2.29 bits per heavy atom. The van der Waals surface area contributed by atoms with E-state index in [4.69, 9.17) is 0 Å². The Morgan fingerprint density at radius 1 is 1.21 bits per heavy atom. The fraction of sp³-hybridized carbons (Fsp3) is 0.750. The van der Waals surface area contributed by atoms with Gasteiger partial charge in [0.25, 0.3) is 6.43 Å². The normalized spacial score (nSPS) is 13.6. The molecule has 0 saturated heterocycles. The largest absolute Gasteiger partial charge is 0.357 e. The average molecular weight is 221 g/mol. The molecule has 3 nitrogen and oxygen atoms in total. The predicted molar refractivity (Wildman–Crippen MR) is 52.8 cm³/mol. The van der Waals surface area contributed by atoms with E-state index in [-0.39, 0.29) is 11.0 Å². The van der Waals surface area contributed by atoms with Crippen LogP contribution in [0.3, 0.4) is 0 Å². The fourth-order valence-electron chi connectivity index (χ4n) is 0.743. The minimum atomic E-state index is -2.53. The SMILES string of the molecule is CC(C)C(C)Nc1nnc(C(F)F)s1. The van der Waals surface area contributed by atoms with Crippen LogP contribution in [-0.4, -0.2) is 16.2 Å². The zero-order valence-corrected chi connectivity index (χ0v) is 9.11. The summed E-state index contributed by atoms with van der Waals surface area (Å²) < 4.78 is 24.3. The van der Waals surface area contributed by atoms with Gasteiger partial charge in [0, 0.05) is 6.04 Å². The van der Waals surface area contributed by atoms with Crippen molar-refractivity contribution in [3.05, 3.63) is 5.01 Å². The second-order valence-electron chi connectivity index (χ2n) is 3.42. The van der Waals surface area contributed by atoms with Crippen molar-refractivity contribution in [2.75, 3.05) is 5.32 Å². The number of alkyl halides is 2. The van der Waals surface area contributed by atoms with Crippen molar-refractivity contribution in [3.63, 3.8) is 0 Å². The maximum atomic E-state index is 12.2. The molecule has 1 rings (SSSR count). The summed E-state index contributed by atoms with van der Waals surface area (Å²) in [6.07, 6.45) is -2.53. The standard InChI is InChI=1S/C8H13F2N3S/c1-4(2)5(3)11-8-13-12-7(14-8)6(9)10/h4-6H,1-3H3,(H,11,13). The third-order valence-electron chi connectivity index (χ3n) is 1.98. The molecule has 1 aromatic heterocycles. The van der Waals surface area contributed by atoms with Crippen molar-refractivity contribution in [1.29, 1.82) is 0 Å². The Kier molecular flexibility index (Phi) is 3.74. The molecule has 1 N–H and O–H groups in total. The number of hydrogen-bond acceptors (Lipinski definition) is 4. The van der Waals surface area contributed by atoms with Crippen LogP contribution in [0.25, 0.3) is 0 Å². The van der Waals surface area contributed by atoms with E-state index in [0.717, 1.165) is 11.3 Å². The second-order valence-corrected chi connectivity index (χ2v) is 4.43. The van der Waals surface area contributed by atoms with Crippen LogP contribution >= 0.6 is 11.3 Å². The minimum absolute atomic E-state index is 0.202. The molecule has 0 bridgehead atoms. The lowest BCUT2D eigenvalue weighted by molar-refractivity contribution is 0.150. The summed E-state index contributed by atoms with van der Waals surface area (Å²) in [7, 11) is 0. The highest BCUT2D eigenvalue weighted by molar-refractivity contribution is 7.15. The van der Waals surface area contributed by atoms with Gasteiger partial charge in [0.1, 0.15) is 0 Å². The third kappa shape index (κ3) is 2.87. The van der Waals surface area contributed by atoms with Gasteiger partial charge in [-0.1, -0.05) is 25.2 Å². The Balaban J connectivity index is 2.60. The molecule has 0 aliphatic rings. The highest BCUT2D eigenvalue weighted by Crippen LogP contribution is 2.25. The fourth-order valence-corrected chi connectivity index (χ4v) is 1.44. The number of hydrogen-bond donors (Lipinski definition) is 1. The van der Waals surface area contributed by atoms with Gasteiger partial charge in [-0.25, -0.2) is 8.78 Å². The maximum Gasteiger partial charge on any atom is 0.291 e. The lowest BCUT2D eigenvalue weighted by Crippen LogP contribution is -2.21. The van der Waals surface area contributed by atoms with Gasteiger partial charge in [-0.2, -0.15) is 0 Å². The molecule has 1 heterocycles. The van der Waals surface area contributed by atoms with Crippen LogP contribution in [0.5, 0.6) is 0 Å². The van der Waals surface area contributed by atoms with Crippen molar-refractivity contribution in [2.24, 2.45) is 5.92 Å². The average Bonchev–Trinajstić information content (AvgIpc) is 2.52. The Bertz CT molecular complexity index is 288. The molecule has 0 spiro atoms. The first-order valence-electron chi connectivity index (χ1n) is 4.38. The van der Waals surface area contributed by atoms with Gasteiger partial charge < -0.3 is 5.32 Å². The summed E-state index contributed by atoms with van der Waals surface area (Å²) in [6, 6.07) is 0.202. The number of aromatic nitrogens is 2. The summed E-state index contributed by atoms with van der Waals surface area (Å²) in [5.74, 6) is 0.425. The first-order chi connectivity index (χ1) is 6.50. The summed E-state index contributed by atoms with van der Waals surface area (Å²) in [5.41, 5.74) is 0. The van der Waals surface area contributed by atoms with Gasteiger partial charge in [-0.3, -0.25) is 0 Å². The topological polar surface area (TPSA) is 37.8 Å². The van der Waals surface area contributed by atoms with E-state index in [1.807, 2.05) is 20.8 Å². The van der Waals surface area contributed by atoms with E-state index in [9.17, 15) is 8.78 Å². The van der Waals surface area contributed by atoms with Crippen molar-refractivity contribution < 1.29 is 8.78 Å². The zero-order valence-electron chi connectivity index (χ0n) is 8.29. The van der Waals surface area contributed by atoms with Gasteiger partial charge >= 0.3 is 0 Å². The molecule has 0 radical (unpaired) electrons. The molecule has 0 aliphatic carbocycles. The number of halogens is 2. The first kappa shape index (κ1) is 11.3. The summed E-state index contributed by atoms with van der Waals surface area (Å²) in [4.78, 5) is 0. The molecule has 1 aromatic rings. The number of anilines is 1. The van der Waals surface area contributed by atoms with Crippen LogP contribution in [0.1, 0.15) is 32.2 Å². The molecule has 0 fully saturated rings. The third-order valence-corrected chi connectivity index (χ3v) is 2.84. The van der Waals surface area contributed by atoms with E-state index < -0.39 is 6.43 Å². The molecule has 0 aromatic carbocycles. The van der Waals surface area contributed by atoms with Crippen molar-refractivity contribution in [3.8, 4) is 0 Å². The van der Waals surface area contributed by atoms with Crippen molar-refractivity contribution in [2.45, 2.75) is 33.2 Å². The summed E-state index contributed by atoms with van der Waals surface area (Å²) in [6.45, 7) is 6.08. The number of rotatable bonds is 4. The number of nitrogens with zero attached hydrogens (tertiary/aromatic N) is 2. The lowest BCUT2D eigenvalue weighted by Gasteiger charge is -2.15. The first-order valence-corrected chi connectivity index (χ1v) is 5.20. The van der Waals surface area contributed by atoms with Crippen LogP contribution < -0.4 is 5.32 Å². The van der Waals surface area contributed by atoms with Gasteiger partial charge in [-0.15, -0.1) is 10.2 Å². The van der Waals surface area contributed by atoms with Gasteiger partial charge in [0.05, 0.1) is 0 Å². The van der Waals surface area contributed by atoms with Gasteiger partial charge in [0.2, 0.25) is 5.13 Å². The lowest BCUT2D eigenvalue weighted by atomic mass is 10.1. The smallest absolute Gasteiger partial charge is 0.291 e. The Labute approximate surface area is 85.6 Å². The summed E-state index contributed by atoms with van der Waals surface area (Å²) in [5, 5.41) is 10.3. The van der Waals surface area contributed by atoms with E-state index in [1.54, 1.807) is 0 Å². The summed E-state index contributed by atoms with van der Waals surface area (Å²) >= 11 is 0.903. The molecule has 14 heavy (non-hydrogen) atoms. The second kappa shape index (κ2) is 4.63. The van der Waals surface area contributed by atoms with Crippen molar-refractivity contribution in [1.82, 2.24) is 10.2 Å². The van der Waals surface area contributed by atoms with Crippen LogP contribution in [0.4, 0.5) is 13.9 Å². The van der Waals surface area contributed by atoms with Crippen LogP contribution in [0.2, 0.25) is 0 Å².